The zero-order chi connectivity index (χ0) is 15.7. The third-order valence-corrected chi connectivity index (χ3v) is 3.63. The first kappa shape index (κ1) is 15.2. The van der Waals surface area contributed by atoms with Crippen molar-refractivity contribution in [3.05, 3.63) is 55.8 Å². The maximum atomic E-state index is 12.3. The third-order valence-electron chi connectivity index (χ3n) is 3.17. The Morgan fingerprint density at radius 2 is 1.86 bits per heavy atom. The van der Waals surface area contributed by atoms with Crippen molar-refractivity contribution >= 4 is 33.2 Å². The van der Waals surface area contributed by atoms with Crippen molar-refractivity contribution < 1.29 is 9.72 Å². The van der Waals surface area contributed by atoms with Gasteiger partial charge in [-0.15, -0.1) is 0 Å². The fourth-order valence-corrected chi connectivity index (χ4v) is 2.84. The van der Waals surface area contributed by atoms with Gasteiger partial charge in [-0.3, -0.25) is 14.9 Å². The standard InChI is InChI=1S/C14H14BrN3O3/c1-8-4-10(15)5-9(2)13(8)16-14(19)12-6-11(18(20)21)7-17(12)3/h4-7H,1-3H3,(H,16,19). The molecule has 1 amide bonds. The van der Waals surface area contributed by atoms with Gasteiger partial charge < -0.3 is 9.88 Å². The van der Waals surface area contributed by atoms with Gasteiger partial charge in [0.1, 0.15) is 5.69 Å². The van der Waals surface area contributed by atoms with Crippen LogP contribution in [0.5, 0.6) is 0 Å². The molecule has 0 unspecified atom stereocenters. The number of hydrogen-bond acceptors (Lipinski definition) is 3. The molecule has 0 aliphatic carbocycles. The Morgan fingerprint density at radius 3 is 2.33 bits per heavy atom. The lowest BCUT2D eigenvalue weighted by Crippen LogP contribution is -2.16. The Kier molecular flexibility index (Phi) is 4.13. The average molecular weight is 352 g/mol. The SMILES string of the molecule is Cc1cc(Br)cc(C)c1NC(=O)c1cc([N+](=O)[O-])cn1C. The molecule has 0 spiro atoms. The van der Waals surface area contributed by atoms with Crippen LogP contribution < -0.4 is 5.32 Å². The topological polar surface area (TPSA) is 77.2 Å². The molecule has 1 heterocycles. The summed E-state index contributed by atoms with van der Waals surface area (Å²) in [6, 6.07) is 5.06. The van der Waals surface area contributed by atoms with E-state index in [9.17, 15) is 14.9 Å². The van der Waals surface area contributed by atoms with Gasteiger partial charge in [0.05, 0.1) is 11.1 Å². The van der Waals surface area contributed by atoms with Crippen LogP contribution in [0.15, 0.2) is 28.9 Å². The number of nitrogens with one attached hydrogen (secondary N) is 1. The number of aryl methyl sites for hydroxylation is 3. The van der Waals surface area contributed by atoms with Crippen LogP contribution in [-0.2, 0) is 7.05 Å². The molecule has 1 aromatic carbocycles. The Morgan fingerprint density at radius 1 is 1.29 bits per heavy atom. The van der Waals surface area contributed by atoms with Gasteiger partial charge in [0, 0.05) is 23.3 Å². The molecule has 0 atom stereocenters. The number of amides is 1. The molecular formula is C14H14BrN3O3. The summed E-state index contributed by atoms with van der Waals surface area (Å²) in [7, 11) is 1.60. The first-order valence-electron chi connectivity index (χ1n) is 6.18. The molecule has 0 fully saturated rings. The summed E-state index contributed by atoms with van der Waals surface area (Å²) in [5.41, 5.74) is 2.68. The number of carbonyl (C=O) groups is 1. The van der Waals surface area contributed by atoms with Crippen LogP contribution in [0.4, 0.5) is 11.4 Å². The number of carbonyl (C=O) groups excluding carboxylic acids is 1. The first-order valence-corrected chi connectivity index (χ1v) is 6.97. The Labute approximate surface area is 130 Å². The Hall–Kier alpha value is -2.15. The van der Waals surface area contributed by atoms with Crippen molar-refractivity contribution in [3.8, 4) is 0 Å². The highest BCUT2D eigenvalue weighted by Gasteiger charge is 2.18. The molecule has 2 aromatic rings. The van der Waals surface area contributed by atoms with Crippen LogP contribution >= 0.6 is 15.9 Å². The molecule has 7 heteroatoms. The van der Waals surface area contributed by atoms with Crippen molar-refractivity contribution in [2.24, 2.45) is 7.05 Å². The fraction of sp³-hybridized carbons (Fsp3) is 0.214. The second kappa shape index (κ2) is 5.69. The molecule has 0 bridgehead atoms. The summed E-state index contributed by atoms with van der Waals surface area (Å²) in [5.74, 6) is -0.376. The number of anilines is 1. The van der Waals surface area contributed by atoms with E-state index >= 15 is 0 Å². The third kappa shape index (κ3) is 3.13. The van der Waals surface area contributed by atoms with E-state index in [0.717, 1.165) is 15.6 Å². The van der Waals surface area contributed by atoms with Crippen molar-refractivity contribution in [1.82, 2.24) is 4.57 Å². The maximum Gasteiger partial charge on any atom is 0.287 e. The molecule has 2 rings (SSSR count). The minimum absolute atomic E-state index is 0.105. The largest absolute Gasteiger partial charge is 0.340 e. The summed E-state index contributed by atoms with van der Waals surface area (Å²) in [5, 5.41) is 13.6. The fourth-order valence-electron chi connectivity index (χ4n) is 2.16. The molecule has 1 aromatic heterocycles. The lowest BCUT2D eigenvalue weighted by Gasteiger charge is -2.12. The number of rotatable bonds is 3. The van der Waals surface area contributed by atoms with Crippen molar-refractivity contribution in [2.75, 3.05) is 5.32 Å². The second-order valence-electron chi connectivity index (χ2n) is 4.82. The summed E-state index contributed by atoms with van der Waals surface area (Å²) in [6.45, 7) is 3.78. The predicted molar refractivity (Wildman–Crippen MR) is 83.6 cm³/mol. The number of halogens is 1. The van der Waals surface area contributed by atoms with E-state index in [1.807, 2.05) is 26.0 Å². The Balaban J connectivity index is 2.33. The molecule has 0 saturated heterocycles. The highest BCUT2D eigenvalue weighted by molar-refractivity contribution is 9.10. The number of nitro groups is 1. The lowest BCUT2D eigenvalue weighted by molar-refractivity contribution is -0.384. The van der Waals surface area contributed by atoms with Crippen LogP contribution in [-0.4, -0.2) is 15.4 Å². The lowest BCUT2D eigenvalue weighted by atomic mass is 10.1. The summed E-state index contributed by atoms with van der Waals surface area (Å²) >= 11 is 3.40. The van der Waals surface area contributed by atoms with Gasteiger partial charge in [-0.1, -0.05) is 15.9 Å². The average Bonchev–Trinajstić information content (AvgIpc) is 2.76. The molecule has 1 N–H and O–H groups in total. The van der Waals surface area contributed by atoms with Gasteiger partial charge in [-0.2, -0.15) is 0 Å². The maximum absolute atomic E-state index is 12.3. The van der Waals surface area contributed by atoms with E-state index in [-0.39, 0.29) is 17.3 Å². The van der Waals surface area contributed by atoms with Crippen molar-refractivity contribution in [3.63, 3.8) is 0 Å². The van der Waals surface area contributed by atoms with Crippen LogP contribution in [0.3, 0.4) is 0 Å². The minimum Gasteiger partial charge on any atom is -0.340 e. The number of benzene rings is 1. The van der Waals surface area contributed by atoms with E-state index in [0.29, 0.717) is 5.69 Å². The van der Waals surface area contributed by atoms with Gasteiger partial charge in [0.15, 0.2) is 0 Å². The summed E-state index contributed by atoms with van der Waals surface area (Å²) in [4.78, 5) is 22.5. The van der Waals surface area contributed by atoms with E-state index in [4.69, 9.17) is 0 Å². The van der Waals surface area contributed by atoms with Gasteiger partial charge in [0.2, 0.25) is 0 Å². The monoisotopic (exact) mass is 351 g/mol. The van der Waals surface area contributed by atoms with Gasteiger partial charge >= 0.3 is 0 Å². The first-order chi connectivity index (χ1) is 9.79. The van der Waals surface area contributed by atoms with E-state index in [1.165, 1.54) is 16.8 Å². The molecular weight excluding hydrogens is 338 g/mol. The zero-order valence-corrected chi connectivity index (χ0v) is 13.4. The minimum atomic E-state index is -0.521. The van der Waals surface area contributed by atoms with Crippen LogP contribution in [0.2, 0.25) is 0 Å². The Bertz CT molecular complexity index is 714. The highest BCUT2D eigenvalue weighted by Crippen LogP contribution is 2.26. The zero-order valence-electron chi connectivity index (χ0n) is 11.8. The van der Waals surface area contributed by atoms with Crippen LogP contribution in [0.25, 0.3) is 0 Å². The number of nitrogens with zero attached hydrogens (tertiary/aromatic N) is 2. The second-order valence-corrected chi connectivity index (χ2v) is 5.74. The molecule has 110 valence electrons. The highest BCUT2D eigenvalue weighted by atomic mass is 79.9. The summed E-state index contributed by atoms with van der Waals surface area (Å²) < 4.78 is 2.38. The van der Waals surface area contributed by atoms with Crippen LogP contribution in [0.1, 0.15) is 21.6 Å². The molecule has 0 aliphatic heterocycles. The molecule has 6 nitrogen and oxygen atoms in total. The van der Waals surface area contributed by atoms with Crippen LogP contribution in [0, 0.1) is 24.0 Å². The number of hydrogen-bond donors (Lipinski definition) is 1. The predicted octanol–water partition coefficient (Wildman–Crippen LogP) is 3.56. The van der Waals surface area contributed by atoms with Gasteiger partial charge in [-0.25, -0.2) is 0 Å². The molecule has 0 radical (unpaired) electrons. The smallest absolute Gasteiger partial charge is 0.287 e. The quantitative estimate of drug-likeness (QED) is 0.678. The molecule has 21 heavy (non-hydrogen) atoms. The van der Waals surface area contributed by atoms with Gasteiger partial charge in [0.25, 0.3) is 11.6 Å². The van der Waals surface area contributed by atoms with E-state index < -0.39 is 4.92 Å². The van der Waals surface area contributed by atoms with E-state index in [1.54, 1.807) is 7.05 Å². The van der Waals surface area contributed by atoms with Crippen molar-refractivity contribution in [1.29, 1.82) is 0 Å². The number of aromatic nitrogens is 1. The van der Waals surface area contributed by atoms with E-state index in [2.05, 4.69) is 21.2 Å². The normalized spacial score (nSPS) is 10.5. The molecule has 0 aliphatic rings. The summed E-state index contributed by atoms with van der Waals surface area (Å²) in [6.07, 6.45) is 1.32. The van der Waals surface area contributed by atoms with Gasteiger partial charge in [-0.05, 0) is 37.1 Å². The van der Waals surface area contributed by atoms with Crippen molar-refractivity contribution in [2.45, 2.75) is 13.8 Å². The molecule has 0 saturated carbocycles.